The molecule has 3 rings (SSSR count). The third kappa shape index (κ3) is 2.43. The van der Waals surface area contributed by atoms with Gasteiger partial charge >= 0.3 is 0 Å². The summed E-state index contributed by atoms with van der Waals surface area (Å²) in [5.41, 5.74) is 0. The lowest BCUT2D eigenvalue weighted by molar-refractivity contribution is 0.210. The van der Waals surface area contributed by atoms with Gasteiger partial charge in [-0.3, -0.25) is 0 Å². The van der Waals surface area contributed by atoms with Gasteiger partial charge in [0.1, 0.15) is 0 Å². The Labute approximate surface area is 111 Å². The number of aromatic nitrogens is 2. The quantitative estimate of drug-likeness (QED) is 0.835. The molecule has 1 saturated heterocycles. The molecule has 3 nitrogen and oxygen atoms in total. The van der Waals surface area contributed by atoms with Crippen molar-refractivity contribution in [1.82, 2.24) is 9.78 Å². The van der Waals surface area contributed by atoms with Crippen LogP contribution in [0, 0.1) is 0 Å². The highest BCUT2D eigenvalue weighted by Gasteiger charge is 2.24. The summed E-state index contributed by atoms with van der Waals surface area (Å²) in [5.74, 6) is 1.98. The van der Waals surface area contributed by atoms with Crippen LogP contribution < -0.4 is 4.74 Å². The summed E-state index contributed by atoms with van der Waals surface area (Å²) >= 11 is 8.27. The molecule has 1 aromatic rings. The maximum Gasteiger partial charge on any atom is 0.176 e. The van der Waals surface area contributed by atoms with Crippen LogP contribution in [0.3, 0.4) is 0 Å². The lowest BCUT2D eigenvalue weighted by atomic mass is 10.3. The molecule has 1 atom stereocenters. The van der Waals surface area contributed by atoms with E-state index in [9.17, 15) is 0 Å². The zero-order valence-corrected chi connectivity index (χ0v) is 11.3. The van der Waals surface area contributed by atoms with Gasteiger partial charge in [0.15, 0.2) is 10.9 Å². The predicted octanol–water partition coefficient (Wildman–Crippen LogP) is 3.88. The molecule has 1 aliphatic carbocycles. The predicted molar refractivity (Wildman–Crippen MR) is 70.9 cm³/mol. The van der Waals surface area contributed by atoms with Gasteiger partial charge in [0, 0.05) is 0 Å². The van der Waals surface area contributed by atoms with Crippen molar-refractivity contribution in [3.8, 4) is 5.75 Å². The Balaban J connectivity index is 1.72. The van der Waals surface area contributed by atoms with Gasteiger partial charge in [-0.05, 0) is 44.3 Å². The molecule has 2 fully saturated rings. The molecule has 0 aromatic carbocycles. The number of ether oxygens (including phenoxy) is 1. The Morgan fingerprint density at radius 3 is 2.82 bits per heavy atom. The number of halogens is 1. The smallest absolute Gasteiger partial charge is 0.176 e. The first kappa shape index (κ1) is 11.7. The van der Waals surface area contributed by atoms with Gasteiger partial charge in [-0.2, -0.15) is 5.10 Å². The lowest BCUT2D eigenvalue weighted by Crippen LogP contribution is -2.11. The van der Waals surface area contributed by atoms with Gasteiger partial charge in [-0.25, -0.2) is 4.68 Å². The van der Waals surface area contributed by atoms with Gasteiger partial charge in [-0.15, -0.1) is 11.8 Å². The molecule has 1 aliphatic heterocycles. The largest absolute Gasteiger partial charge is 0.486 e. The Morgan fingerprint density at radius 2 is 2.12 bits per heavy atom. The second-order valence-electron chi connectivity index (χ2n) is 4.74. The minimum absolute atomic E-state index is 0.349. The van der Waals surface area contributed by atoms with E-state index in [4.69, 9.17) is 16.3 Å². The van der Waals surface area contributed by atoms with Gasteiger partial charge in [0.2, 0.25) is 0 Å². The van der Waals surface area contributed by atoms with Crippen molar-refractivity contribution >= 4 is 23.4 Å². The number of thioether (sulfide) groups is 1. The van der Waals surface area contributed by atoms with E-state index in [0.717, 1.165) is 25.0 Å². The number of nitrogens with zero attached hydrogens (tertiary/aromatic N) is 2. The Hall–Kier alpha value is -0.350. The summed E-state index contributed by atoms with van der Waals surface area (Å²) in [5, 5.41) is 5.46. The van der Waals surface area contributed by atoms with Crippen molar-refractivity contribution in [1.29, 1.82) is 0 Å². The molecule has 17 heavy (non-hydrogen) atoms. The van der Waals surface area contributed by atoms with Gasteiger partial charge in [-0.1, -0.05) is 11.6 Å². The molecule has 0 amide bonds. The van der Waals surface area contributed by atoms with E-state index < -0.39 is 0 Å². The number of rotatable bonds is 3. The third-order valence-electron chi connectivity index (χ3n) is 3.48. The maximum atomic E-state index is 6.34. The number of hydrogen-bond acceptors (Lipinski definition) is 3. The van der Waals surface area contributed by atoms with Crippen molar-refractivity contribution in [3.63, 3.8) is 0 Å². The minimum atomic E-state index is 0.349. The first-order valence-electron chi connectivity index (χ1n) is 6.36. The van der Waals surface area contributed by atoms with E-state index >= 15 is 0 Å². The topological polar surface area (TPSA) is 27.1 Å². The summed E-state index contributed by atoms with van der Waals surface area (Å²) in [6, 6.07) is 0. The molecule has 0 N–H and O–H groups in total. The average Bonchev–Trinajstić information content (AvgIpc) is 3.03. The summed E-state index contributed by atoms with van der Waals surface area (Å²) in [6.07, 6.45) is 9.39. The second kappa shape index (κ2) is 5.11. The molecular formula is C12H17ClN2OS. The van der Waals surface area contributed by atoms with Crippen LogP contribution >= 0.6 is 23.4 Å². The van der Waals surface area contributed by atoms with E-state index in [1.54, 1.807) is 6.20 Å². The Morgan fingerprint density at radius 1 is 1.29 bits per heavy atom. The Kier molecular flexibility index (Phi) is 3.52. The summed E-state index contributed by atoms with van der Waals surface area (Å²) < 4.78 is 7.84. The van der Waals surface area contributed by atoms with Crippen LogP contribution in [0.2, 0.25) is 5.15 Å². The van der Waals surface area contributed by atoms with Crippen LogP contribution in [0.25, 0.3) is 0 Å². The van der Waals surface area contributed by atoms with Gasteiger partial charge < -0.3 is 4.74 Å². The molecule has 0 spiro atoms. The van der Waals surface area contributed by atoms with E-state index in [1.165, 1.54) is 25.0 Å². The highest BCUT2D eigenvalue weighted by Crippen LogP contribution is 2.39. The van der Waals surface area contributed by atoms with Crippen molar-refractivity contribution in [2.24, 2.45) is 0 Å². The molecule has 2 heterocycles. The van der Waals surface area contributed by atoms with Crippen LogP contribution in [0.15, 0.2) is 6.20 Å². The van der Waals surface area contributed by atoms with Crippen molar-refractivity contribution in [2.45, 2.75) is 50.0 Å². The summed E-state index contributed by atoms with van der Waals surface area (Å²) in [7, 11) is 0. The van der Waals surface area contributed by atoms with E-state index in [1.807, 2.05) is 16.4 Å². The summed E-state index contributed by atoms with van der Waals surface area (Å²) in [4.78, 5) is 0. The number of hydrogen-bond donors (Lipinski definition) is 0. The highest BCUT2D eigenvalue weighted by molar-refractivity contribution is 7.99. The van der Waals surface area contributed by atoms with Gasteiger partial charge in [0.05, 0.1) is 17.7 Å². The van der Waals surface area contributed by atoms with Crippen molar-refractivity contribution < 1.29 is 4.74 Å². The first-order chi connectivity index (χ1) is 8.34. The fraction of sp³-hybridized carbons (Fsp3) is 0.750. The maximum absolute atomic E-state index is 6.34. The first-order valence-corrected chi connectivity index (χ1v) is 7.78. The van der Waals surface area contributed by atoms with Crippen molar-refractivity contribution in [2.75, 3.05) is 5.75 Å². The monoisotopic (exact) mass is 272 g/mol. The summed E-state index contributed by atoms with van der Waals surface area (Å²) in [6.45, 7) is 0. The second-order valence-corrected chi connectivity index (χ2v) is 6.38. The fourth-order valence-corrected chi connectivity index (χ4v) is 4.10. The molecule has 2 aliphatic rings. The van der Waals surface area contributed by atoms with Crippen LogP contribution in [-0.2, 0) is 0 Å². The standard InChI is InChI=1S/C12H17ClN2OS/c13-12-10(16-9-4-1-2-5-9)8-14-15(12)11-6-3-7-17-11/h8-9,11H,1-7H2. The highest BCUT2D eigenvalue weighted by atomic mass is 35.5. The normalized spacial score (nSPS) is 25.6. The molecule has 0 bridgehead atoms. The molecule has 1 unspecified atom stereocenters. The van der Waals surface area contributed by atoms with E-state index in [0.29, 0.717) is 16.6 Å². The lowest BCUT2D eigenvalue weighted by Gasteiger charge is -2.13. The average molecular weight is 273 g/mol. The Bertz CT molecular complexity index is 384. The molecule has 94 valence electrons. The minimum Gasteiger partial charge on any atom is -0.486 e. The molecular weight excluding hydrogens is 256 g/mol. The molecule has 1 aromatic heterocycles. The van der Waals surface area contributed by atoms with Gasteiger partial charge in [0.25, 0.3) is 0 Å². The van der Waals surface area contributed by atoms with E-state index in [-0.39, 0.29) is 0 Å². The zero-order chi connectivity index (χ0) is 11.7. The molecule has 1 saturated carbocycles. The SMILES string of the molecule is Clc1c(OC2CCCC2)cnn1C1CCCS1. The van der Waals surface area contributed by atoms with Crippen LogP contribution in [0.5, 0.6) is 5.75 Å². The molecule has 0 radical (unpaired) electrons. The third-order valence-corrected chi connectivity index (χ3v) is 5.18. The fourth-order valence-electron chi connectivity index (χ4n) is 2.55. The van der Waals surface area contributed by atoms with Crippen LogP contribution in [0.1, 0.15) is 43.9 Å². The zero-order valence-electron chi connectivity index (χ0n) is 9.77. The van der Waals surface area contributed by atoms with E-state index in [2.05, 4.69) is 5.10 Å². The van der Waals surface area contributed by atoms with Crippen LogP contribution in [0.4, 0.5) is 0 Å². The van der Waals surface area contributed by atoms with Crippen molar-refractivity contribution in [3.05, 3.63) is 11.3 Å². The molecule has 5 heteroatoms. The van der Waals surface area contributed by atoms with Crippen LogP contribution in [-0.4, -0.2) is 21.6 Å².